The summed E-state index contributed by atoms with van der Waals surface area (Å²) in [6, 6.07) is 20.7. The van der Waals surface area contributed by atoms with E-state index >= 15 is 0 Å². The van der Waals surface area contributed by atoms with Crippen LogP contribution in [0.5, 0.6) is 5.75 Å². The Kier molecular flexibility index (Phi) is 7.73. The quantitative estimate of drug-likeness (QED) is 0.291. The standard InChI is InChI=1S/C26H24ClFO/c1-2-3-4-5-18-29-24-15-13-23(14-16-24)22-11-8-20(9-12-22)6-7-21-10-17-25(27)26(28)19-21/h8-17,19H,2-5,18H2,1H3. The number of rotatable bonds is 7. The van der Waals surface area contributed by atoms with Crippen LogP contribution in [0, 0.1) is 17.7 Å². The summed E-state index contributed by atoms with van der Waals surface area (Å²) in [5, 5.41) is 0.104. The van der Waals surface area contributed by atoms with E-state index in [4.69, 9.17) is 16.3 Å². The van der Waals surface area contributed by atoms with Crippen molar-refractivity contribution in [1.82, 2.24) is 0 Å². The van der Waals surface area contributed by atoms with Gasteiger partial charge in [-0.2, -0.15) is 0 Å². The van der Waals surface area contributed by atoms with Gasteiger partial charge in [0.1, 0.15) is 11.6 Å². The highest BCUT2D eigenvalue weighted by atomic mass is 35.5. The molecule has 0 saturated carbocycles. The van der Waals surface area contributed by atoms with E-state index in [2.05, 4.69) is 30.9 Å². The summed E-state index contributed by atoms with van der Waals surface area (Å²) in [5.41, 5.74) is 3.71. The van der Waals surface area contributed by atoms with Gasteiger partial charge in [-0.05, 0) is 60.0 Å². The molecule has 0 spiro atoms. The molecule has 0 amide bonds. The van der Waals surface area contributed by atoms with Crippen molar-refractivity contribution >= 4 is 11.6 Å². The molecule has 0 aromatic heterocycles. The molecule has 0 aliphatic carbocycles. The molecule has 1 nitrogen and oxygen atoms in total. The monoisotopic (exact) mass is 406 g/mol. The number of hydrogen-bond donors (Lipinski definition) is 0. The molecule has 3 aromatic rings. The smallest absolute Gasteiger partial charge is 0.143 e. The van der Waals surface area contributed by atoms with Crippen molar-refractivity contribution in [1.29, 1.82) is 0 Å². The van der Waals surface area contributed by atoms with Crippen molar-refractivity contribution in [2.75, 3.05) is 6.61 Å². The molecule has 3 aromatic carbocycles. The lowest BCUT2D eigenvalue weighted by Crippen LogP contribution is -1.96. The second-order valence-electron chi connectivity index (χ2n) is 6.89. The van der Waals surface area contributed by atoms with Gasteiger partial charge in [-0.1, -0.05) is 73.9 Å². The minimum Gasteiger partial charge on any atom is -0.494 e. The highest BCUT2D eigenvalue weighted by Crippen LogP contribution is 2.23. The molecule has 0 aliphatic rings. The fourth-order valence-electron chi connectivity index (χ4n) is 2.93. The van der Waals surface area contributed by atoms with Crippen LogP contribution in [0.3, 0.4) is 0 Å². The zero-order valence-corrected chi connectivity index (χ0v) is 17.3. The predicted molar refractivity (Wildman–Crippen MR) is 119 cm³/mol. The third-order valence-corrected chi connectivity index (χ3v) is 4.92. The molecule has 0 fully saturated rings. The molecule has 3 rings (SSSR count). The average molecular weight is 407 g/mol. The number of halogens is 2. The summed E-state index contributed by atoms with van der Waals surface area (Å²) in [5.74, 6) is 6.47. The molecule has 29 heavy (non-hydrogen) atoms. The summed E-state index contributed by atoms with van der Waals surface area (Å²) in [4.78, 5) is 0. The van der Waals surface area contributed by atoms with Crippen LogP contribution in [-0.2, 0) is 0 Å². The lowest BCUT2D eigenvalue weighted by atomic mass is 10.0. The van der Waals surface area contributed by atoms with Crippen LogP contribution in [0.15, 0.2) is 66.7 Å². The van der Waals surface area contributed by atoms with E-state index in [-0.39, 0.29) is 5.02 Å². The molecule has 0 N–H and O–H groups in total. The van der Waals surface area contributed by atoms with Gasteiger partial charge in [-0.3, -0.25) is 0 Å². The number of ether oxygens (including phenoxy) is 1. The van der Waals surface area contributed by atoms with E-state index < -0.39 is 5.82 Å². The van der Waals surface area contributed by atoms with Crippen molar-refractivity contribution < 1.29 is 9.13 Å². The molecule has 3 heteroatoms. The van der Waals surface area contributed by atoms with Crippen molar-refractivity contribution in [3.8, 4) is 28.7 Å². The molecule has 0 saturated heterocycles. The second kappa shape index (κ2) is 10.7. The van der Waals surface area contributed by atoms with E-state index in [9.17, 15) is 4.39 Å². The normalized spacial score (nSPS) is 10.3. The molecule has 148 valence electrons. The Morgan fingerprint density at radius 3 is 2.07 bits per heavy atom. The van der Waals surface area contributed by atoms with E-state index in [1.807, 2.05) is 36.4 Å². The molecule has 0 unspecified atom stereocenters. The third-order valence-electron chi connectivity index (χ3n) is 4.61. The summed E-state index contributed by atoms with van der Waals surface area (Å²) >= 11 is 5.70. The predicted octanol–water partition coefficient (Wildman–Crippen LogP) is 7.51. The largest absolute Gasteiger partial charge is 0.494 e. The first-order valence-corrected chi connectivity index (χ1v) is 10.3. The van der Waals surface area contributed by atoms with E-state index in [0.717, 1.165) is 35.5 Å². The van der Waals surface area contributed by atoms with Crippen LogP contribution in [0.1, 0.15) is 43.7 Å². The van der Waals surface area contributed by atoms with Crippen LogP contribution >= 0.6 is 11.6 Å². The maximum atomic E-state index is 13.5. The van der Waals surface area contributed by atoms with Gasteiger partial charge >= 0.3 is 0 Å². The van der Waals surface area contributed by atoms with Gasteiger partial charge in [0.2, 0.25) is 0 Å². The Hall–Kier alpha value is -2.76. The minimum atomic E-state index is -0.456. The number of benzene rings is 3. The van der Waals surface area contributed by atoms with Crippen LogP contribution in [0.4, 0.5) is 4.39 Å². The topological polar surface area (TPSA) is 9.23 Å². The van der Waals surface area contributed by atoms with Crippen molar-refractivity contribution in [2.45, 2.75) is 32.6 Å². The third kappa shape index (κ3) is 6.38. The Bertz CT molecular complexity index is 982. The molecular formula is C26H24ClFO. The zero-order chi connectivity index (χ0) is 20.5. The number of hydrogen-bond acceptors (Lipinski definition) is 1. The fourth-order valence-corrected chi connectivity index (χ4v) is 3.04. The summed E-state index contributed by atoms with van der Waals surface area (Å²) < 4.78 is 19.3. The first kappa shape index (κ1) is 21.0. The maximum Gasteiger partial charge on any atom is 0.143 e. The van der Waals surface area contributed by atoms with Gasteiger partial charge in [0, 0.05) is 11.1 Å². The van der Waals surface area contributed by atoms with Crippen LogP contribution in [0.25, 0.3) is 11.1 Å². The van der Waals surface area contributed by atoms with Crippen molar-refractivity contribution in [3.63, 3.8) is 0 Å². The summed E-state index contributed by atoms with van der Waals surface area (Å²) in [6.07, 6.45) is 4.82. The molecule has 0 atom stereocenters. The van der Waals surface area contributed by atoms with E-state index in [0.29, 0.717) is 5.56 Å². The van der Waals surface area contributed by atoms with Crippen molar-refractivity contribution in [3.05, 3.63) is 88.7 Å². The number of unbranched alkanes of at least 4 members (excludes halogenated alkanes) is 3. The van der Waals surface area contributed by atoms with Gasteiger partial charge in [0.25, 0.3) is 0 Å². The first-order chi connectivity index (χ1) is 14.2. The minimum absolute atomic E-state index is 0.104. The molecule has 0 heterocycles. The highest BCUT2D eigenvalue weighted by Gasteiger charge is 2.01. The van der Waals surface area contributed by atoms with E-state index in [1.54, 1.807) is 6.07 Å². The molecule has 0 radical (unpaired) electrons. The summed E-state index contributed by atoms with van der Waals surface area (Å²) in [7, 11) is 0. The van der Waals surface area contributed by atoms with Gasteiger partial charge in [-0.15, -0.1) is 0 Å². The van der Waals surface area contributed by atoms with Crippen LogP contribution < -0.4 is 4.74 Å². The summed E-state index contributed by atoms with van der Waals surface area (Å²) in [6.45, 7) is 2.98. The average Bonchev–Trinajstić information content (AvgIpc) is 2.75. The second-order valence-corrected chi connectivity index (χ2v) is 7.30. The highest BCUT2D eigenvalue weighted by molar-refractivity contribution is 6.30. The van der Waals surface area contributed by atoms with Crippen molar-refractivity contribution in [2.24, 2.45) is 0 Å². The maximum absolute atomic E-state index is 13.5. The Labute approximate surface area is 177 Å². The van der Waals surface area contributed by atoms with Gasteiger partial charge in [-0.25, -0.2) is 4.39 Å². The zero-order valence-electron chi connectivity index (χ0n) is 16.6. The lowest BCUT2D eigenvalue weighted by molar-refractivity contribution is 0.305. The SMILES string of the molecule is CCCCCCOc1ccc(-c2ccc(C#Cc3ccc(Cl)c(F)c3)cc2)cc1. The van der Waals surface area contributed by atoms with Gasteiger partial charge in [0.05, 0.1) is 11.6 Å². The van der Waals surface area contributed by atoms with Crippen LogP contribution in [0.2, 0.25) is 5.02 Å². The van der Waals surface area contributed by atoms with Crippen LogP contribution in [-0.4, -0.2) is 6.61 Å². The fraction of sp³-hybridized carbons (Fsp3) is 0.231. The Balaban J connectivity index is 1.60. The Morgan fingerprint density at radius 1 is 0.793 bits per heavy atom. The van der Waals surface area contributed by atoms with Gasteiger partial charge in [0.15, 0.2) is 0 Å². The molecule has 0 aliphatic heterocycles. The van der Waals surface area contributed by atoms with Gasteiger partial charge < -0.3 is 4.74 Å². The molecular weight excluding hydrogens is 383 g/mol. The Morgan fingerprint density at radius 2 is 1.41 bits per heavy atom. The molecule has 0 bridgehead atoms. The first-order valence-electron chi connectivity index (χ1n) is 9.96. The lowest BCUT2D eigenvalue weighted by Gasteiger charge is -2.07. The van der Waals surface area contributed by atoms with E-state index in [1.165, 1.54) is 31.4 Å².